The first-order valence-corrected chi connectivity index (χ1v) is 9.85. The molecule has 3 rings (SSSR count). The highest BCUT2D eigenvalue weighted by molar-refractivity contribution is 7.11. The molecule has 1 aromatic carbocycles. The summed E-state index contributed by atoms with van der Waals surface area (Å²) in [5.74, 6) is 0.304. The fourth-order valence-corrected chi connectivity index (χ4v) is 4.46. The molecule has 1 aliphatic rings. The van der Waals surface area contributed by atoms with E-state index in [4.69, 9.17) is 4.74 Å². The number of ether oxygens (including phenoxy) is 1. The van der Waals surface area contributed by atoms with Gasteiger partial charge in [0.1, 0.15) is 11.6 Å². The van der Waals surface area contributed by atoms with Crippen LogP contribution in [0.1, 0.15) is 21.7 Å². The van der Waals surface area contributed by atoms with E-state index in [2.05, 4.69) is 28.9 Å². The van der Waals surface area contributed by atoms with Gasteiger partial charge in [0, 0.05) is 66.8 Å². The van der Waals surface area contributed by atoms with E-state index in [9.17, 15) is 9.50 Å². The van der Waals surface area contributed by atoms with Crippen LogP contribution in [0.5, 0.6) is 5.75 Å². The Balaban J connectivity index is 1.64. The van der Waals surface area contributed by atoms with Gasteiger partial charge in [0.15, 0.2) is 0 Å². The molecule has 26 heavy (non-hydrogen) atoms. The number of nitrogens with zero attached hydrogens (tertiary/aromatic N) is 2. The minimum absolute atomic E-state index is 0.151. The van der Waals surface area contributed by atoms with Crippen LogP contribution in [0.15, 0.2) is 30.3 Å². The Morgan fingerprint density at radius 3 is 2.73 bits per heavy atom. The van der Waals surface area contributed by atoms with Crippen molar-refractivity contribution in [2.24, 2.45) is 0 Å². The first kappa shape index (κ1) is 19.3. The van der Waals surface area contributed by atoms with Gasteiger partial charge in [-0.2, -0.15) is 0 Å². The lowest BCUT2D eigenvalue weighted by Crippen LogP contribution is -2.52. The second-order valence-corrected chi connectivity index (χ2v) is 8.21. The SMILES string of the molecule is COc1ccc(CN2CCN(Cc3ccc(C)s3)C[C@H]2CCO)c(F)c1. The normalized spacial score (nSPS) is 19.0. The molecule has 4 nitrogen and oxygen atoms in total. The number of aryl methyl sites for hydroxylation is 1. The van der Waals surface area contributed by atoms with E-state index in [1.54, 1.807) is 19.2 Å². The highest BCUT2D eigenvalue weighted by Crippen LogP contribution is 2.23. The molecule has 1 saturated heterocycles. The van der Waals surface area contributed by atoms with E-state index in [1.807, 2.05) is 11.3 Å². The highest BCUT2D eigenvalue weighted by Gasteiger charge is 2.27. The zero-order valence-electron chi connectivity index (χ0n) is 15.4. The number of hydrogen-bond donors (Lipinski definition) is 1. The van der Waals surface area contributed by atoms with Crippen molar-refractivity contribution in [3.05, 3.63) is 51.5 Å². The average Bonchev–Trinajstić information content (AvgIpc) is 3.03. The summed E-state index contributed by atoms with van der Waals surface area (Å²) in [6.07, 6.45) is 0.706. The lowest BCUT2D eigenvalue weighted by molar-refractivity contribution is 0.0497. The van der Waals surface area contributed by atoms with Crippen LogP contribution < -0.4 is 4.74 Å². The number of halogens is 1. The molecule has 0 radical (unpaired) electrons. The molecular formula is C20H27FN2O2S. The third-order valence-corrected chi connectivity index (χ3v) is 5.95. The number of rotatable bonds is 7. The summed E-state index contributed by atoms with van der Waals surface area (Å²) in [5.41, 5.74) is 0.677. The van der Waals surface area contributed by atoms with Gasteiger partial charge in [-0.15, -0.1) is 11.3 Å². The smallest absolute Gasteiger partial charge is 0.131 e. The monoisotopic (exact) mass is 378 g/mol. The molecule has 1 aromatic heterocycles. The summed E-state index contributed by atoms with van der Waals surface area (Å²) in [6.45, 7) is 6.52. The summed E-state index contributed by atoms with van der Waals surface area (Å²) in [7, 11) is 1.54. The van der Waals surface area contributed by atoms with Gasteiger partial charge < -0.3 is 9.84 Å². The van der Waals surface area contributed by atoms with Crippen LogP contribution in [0.3, 0.4) is 0 Å². The van der Waals surface area contributed by atoms with E-state index in [0.29, 0.717) is 24.3 Å². The van der Waals surface area contributed by atoms with Gasteiger partial charge in [0.2, 0.25) is 0 Å². The number of aliphatic hydroxyl groups excluding tert-OH is 1. The Kier molecular flexibility index (Phi) is 6.64. The molecule has 1 atom stereocenters. The van der Waals surface area contributed by atoms with E-state index in [-0.39, 0.29) is 18.5 Å². The van der Waals surface area contributed by atoms with Crippen LogP contribution in [0.25, 0.3) is 0 Å². The first-order chi connectivity index (χ1) is 12.6. The van der Waals surface area contributed by atoms with E-state index < -0.39 is 0 Å². The van der Waals surface area contributed by atoms with Crippen molar-refractivity contribution in [3.8, 4) is 5.75 Å². The second-order valence-electron chi connectivity index (χ2n) is 6.84. The summed E-state index contributed by atoms with van der Waals surface area (Å²) in [4.78, 5) is 7.43. The number of thiophene rings is 1. The topological polar surface area (TPSA) is 35.9 Å². The predicted molar refractivity (Wildman–Crippen MR) is 103 cm³/mol. The van der Waals surface area contributed by atoms with Crippen LogP contribution in [0, 0.1) is 12.7 Å². The summed E-state index contributed by atoms with van der Waals surface area (Å²) < 4.78 is 19.4. The quantitative estimate of drug-likeness (QED) is 0.802. The van der Waals surface area contributed by atoms with E-state index in [0.717, 1.165) is 26.2 Å². The molecular weight excluding hydrogens is 351 g/mol. The number of benzene rings is 1. The highest BCUT2D eigenvalue weighted by atomic mass is 32.1. The van der Waals surface area contributed by atoms with Crippen molar-refractivity contribution >= 4 is 11.3 Å². The van der Waals surface area contributed by atoms with Crippen LogP contribution >= 0.6 is 11.3 Å². The molecule has 1 fully saturated rings. The molecule has 0 unspecified atom stereocenters. The van der Waals surface area contributed by atoms with Crippen molar-refractivity contribution in [3.63, 3.8) is 0 Å². The third-order valence-electron chi connectivity index (χ3n) is 4.96. The first-order valence-electron chi connectivity index (χ1n) is 9.04. The lowest BCUT2D eigenvalue weighted by atomic mass is 10.1. The van der Waals surface area contributed by atoms with Crippen molar-refractivity contribution in [1.82, 2.24) is 9.80 Å². The molecule has 142 valence electrons. The molecule has 0 spiro atoms. The van der Waals surface area contributed by atoms with Gasteiger partial charge >= 0.3 is 0 Å². The molecule has 0 amide bonds. The zero-order chi connectivity index (χ0) is 18.5. The molecule has 0 saturated carbocycles. The van der Waals surface area contributed by atoms with Crippen LogP contribution in [0.4, 0.5) is 4.39 Å². The Morgan fingerprint density at radius 1 is 1.23 bits per heavy atom. The summed E-state index contributed by atoms with van der Waals surface area (Å²) in [5, 5.41) is 9.47. The second kappa shape index (κ2) is 8.95. The van der Waals surface area contributed by atoms with Gasteiger partial charge in [-0.05, 0) is 31.5 Å². The number of methoxy groups -OCH3 is 1. The van der Waals surface area contributed by atoms with Crippen molar-refractivity contribution in [1.29, 1.82) is 0 Å². The van der Waals surface area contributed by atoms with Gasteiger partial charge in [0.25, 0.3) is 0 Å². The van der Waals surface area contributed by atoms with Gasteiger partial charge in [0.05, 0.1) is 7.11 Å². The van der Waals surface area contributed by atoms with E-state index in [1.165, 1.54) is 15.8 Å². The summed E-state index contributed by atoms with van der Waals surface area (Å²) in [6, 6.07) is 9.62. The molecule has 1 N–H and O–H groups in total. The van der Waals surface area contributed by atoms with Crippen molar-refractivity contribution in [2.45, 2.75) is 32.5 Å². The van der Waals surface area contributed by atoms with Crippen molar-refractivity contribution in [2.75, 3.05) is 33.4 Å². The molecule has 6 heteroatoms. The maximum atomic E-state index is 14.3. The largest absolute Gasteiger partial charge is 0.497 e. The molecule has 2 aromatic rings. The van der Waals surface area contributed by atoms with Gasteiger partial charge in [-0.3, -0.25) is 9.80 Å². The van der Waals surface area contributed by atoms with Crippen molar-refractivity contribution < 1.29 is 14.2 Å². The molecule has 1 aliphatic heterocycles. The third kappa shape index (κ3) is 4.82. The Bertz CT molecular complexity index is 722. The van der Waals surface area contributed by atoms with Gasteiger partial charge in [-0.25, -0.2) is 4.39 Å². The number of aliphatic hydroxyl groups is 1. The Labute approximate surface area is 158 Å². The number of hydrogen-bond acceptors (Lipinski definition) is 5. The van der Waals surface area contributed by atoms with Gasteiger partial charge in [-0.1, -0.05) is 6.07 Å². The fraction of sp³-hybridized carbons (Fsp3) is 0.500. The average molecular weight is 379 g/mol. The minimum atomic E-state index is -0.233. The summed E-state index contributed by atoms with van der Waals surface area (Å²) >= 11 is 1.84. The zero-order valence-corrected chi connectivity index (χ0v) is 16.3. The van der Waals surface area contributed by atoms with Crippen LogP contribution in [-0.2, 0) is 13.1 Å². The lowest BCUT2D eigenvalue weighted by Gasteiger charge is -2.41. The van der Waals surface area contributed by atoms with E-state index >= 15 is 0 Å². The minimum Gasteiger partial charge on any atom is -0.497 e. The fourth-order valence-electron chi connectivity index (χ4n) is 3.52. The molecule has 0 aliphatic carbocycles. The number of piperazine rings is 1. The predicted octanol–water partition coefficient (Wildman–Crippen LogP) is 3.27. The maximum absolute atomic E-state index is 14.3. The Hall–Kier alpha value is -1.47. The van der Waals surface area contributed by atoms with Crippen LogP contribution in [0.2, 0.25) is 0 Å². The standard InChI is InChI=1S/C20H27FN2O2S/c1-15-3-6-19(26-15)14-22-8-9-23(17(13-22)7-10-24)12-16-4-5-18(25-2)11-20(16)21/h3-6,11,17,24H,7-10,12-14H2,1-2H3/t17-/m1/s1. The maximum Gasteiger partial charge on any atom is 0.131 e. The Morgan fingerprint density at radius 2 is 2.08 bits per heavy atom. The van der Waals surface area contributed by atoms with Crippen LogP contribution in [-0.4, -0.2) is 54.3 Å². The molecule has 2 heterocycles. The molecule has 0 bridgehead atoms.